The second kappa shape index (κ2) is 9.07. The van der Waals surface area contributed by atoms with Crippen LogP contribution in [0.5, 0.6) is 0 Å². The van der Waals surface area contributed by atoms with E-state index in [2.05, 4.69) is 25.7 Å². The molecule has 0 bridgehead atoms. The molecular formula is C7H19NO8S3. The molecule has 118 valence electrons. The monoisotopic (exact) mass is 341 g/mol. The van der Waals surface area contributed by atoms with Gasteiger partial charge in [-0.25, -0.2) is 8.42 Å². The molecule has 0 atom stereocenters. The van der Waals surface area contributed by atoms with Crippen molar-refractivity contribution in [3.05, 3.63) is 0 Å². The van der Waals surface area contributed by atoms with Crippen molar-refractivity contribution in [3.63, 3.8) is 0 Å². The maximum atomic E-state index is 8.74. The Kier molecular flexibility index (Phi) is 10.2. The van der Waals surface area contributed by atoms with Crippen molar-refractivity contribution in [2.45, 2.75) is 6.92 Å². The lowest BCUT2D eigenvalue weighted by molar-refractivity contribution is -0.904. The highest BCUT2D eigenvalue weighted by Gasteiger charge is 2.21. The lowest BCUT2D eigenvalue weighted by Crippen LogP contribution is -2.49. The van der Waals surface area contributed by atoms with Crippen molar-refractivity contribution < 1.29 is 39.5 Å². The second-order valence-corrected chi connectivity index (χ2v) is 6.85. The first-order chi connectivity index (χ1) is 8.27. The first-order valence-corrected chi connectivity index (χ1v) is 8.98. The van der Waals surface area contributed by atoms with E-state index in [0.29, 0.717) is 0 Å². The van der Waals surface area contributed by atoms with E-state index in [1.807, 2.05) is 0 Å². The van der Waals surface area contributed by atoms with Gasteiger partial charge < -0.3 is 9.04 Å². The fourth-order valence-electron chi connectivity index (χ4n) is 1.10. The molecule has 12 heteroatoms. The Balaban J connectivity index is 0. The highest BCUT2D eigenvalue weighted by Crippen LogP contribution is 2.14. The van der Waals surface area contributed by atoms with Gasteiger partial charge in [0.25, 0.3) is 0 Å². The van der Waals surface area contributed by atoms with Gasteiger partial charge in [0.1, 0.15) is 0 Å². The van der Waals surface area contributed by atoms with Crippen LogP contribution in [0.1, 0.15) is 6.92 Å². The number of thioether (sulfide) groups is 1. The first-order valence-electron chi connectivity index (χ1n) is 5.06. The van der Waals surface area contributed by atoms with E-state index >= 15 is 0 Å². The highest BCUT2D eigenvalue weighted by atomic mass is 32.3. The van der Waals surface area contributed by atoms with Gasteiger partial charge in [-0.1, -0.05) is 0 Å². The number of hydrogen-bond acceptors (Lipinski definition) is 6. The van der Waals surface area contributed by atoms with Crippen LogP contribution in [-0.2, 0) is 20.8 Å². The summed E-state index contributed by atoms with van der Waals surface area (Å²) in [7, 11) is -7.22. The zero-order chi connectivity index (χ0) is 15.7. The summed E-state index contributed by atoms with van der Waals surface area (Å²) >= 11 is 2.10. The maximum Gasteiger partial charge on any atom is 0.394 e. The predicted molar refractivity (Wildman–Crippen MR) is 70.3 cm³/mol. The third-order valence-corrected chi connectivity index (χ3v) is 3.26. The molecule has 0 amide bonds. The van der Waals surface area contributed by atoms with Crippen LogP contribution >= 0.6 is 11.8 Å². The number of nitrogens with zero attached hydrogens (tertiary/aromatic N) is 1. The van der Waals surface area contributed by atoms with Crippen LogP contribution in [0.2, 0.25) is 0 Å². The molecule has 0 aliphatic carbocycles. The minimum atomic E-state index is -4.92. The van der Waals surface area contributed by atoms with Crippen LogP contribution < -0.4 is 0 Å². The third kappa shape index (κ3) is 27.3. The standard InChI is InChI=1S/C7H16NS.2H2O4S/c1-3-8(2)4-6-9-7-5-8;2*1-5(2,3)4/h3-7H2,1-2H3;2*(H2,1,2,3,4)/q+1;;/p-1. The molecule has 1 fully saturated rings. The van der Waals surface area contributed by atoms with Crippen LogP contribution in [0.15, 0.2) is 0 Å². The molecule has 0 aromatic carbocycles. The van der Waals surface area contributed by atoms with E-state index in [4.69, 9.17) is 35.0 Å². The fourth-order valence-corrected chi connectivity index (χ4v) is 2.44. The summed E-state index contributed by atoms with van der Waals surface area (Å²) in [6, 6.07) is 0. The zero-order valence-electron chi connectivity index (χ0n) is 10.6. The second-order valence-electron chi connectivity index (χ2n) is 3.87. The largest absolute Gasteiger partial charge is 0.726 e. The van der Waals surface area contributed by atoms with Crippen LogP contribution in [0.4, 0.5) is 0 Å². The van der Waals surface area contributed by atoms with Crippen molar-refractivity contribution in [1.29, 1.82) is 0 Å². The normalized spacial score (nSPS) is 18.4. The predicted octanol–water partition coefficient (Wildman–Crippen LogP) is -0.448. The Labute approximate surface area is 117 Å². The van der Waals surface area contributed by atoms with Gasteiger partial charge in [-0.2, -0.15) is 20.2 Å². The lowest BCUT2D eigenvalue weighted by Gasteiger charge is -2.36. The van der Waals surface area contributed by atoms with Gasteiger partial charge in [0.05, 0.1) is 26.7 Å². The summed E-state index contributed by atoms with van der Waals surface area (Å²) in [6.07, 6.45) is 0. The van der Waals surface area contributed by atoms with Crippen LogP contribution in [-0.4, -0.2) is 77.7 Å². The smallest absolute Gasteiger partial charge is 0.394 e. The van der Waals surface area contributed by atoms with Crippen molar-refractivity contribution in [1.82, 2.24) is 0 Å². The number of quaternary nitrogens is 1. The molecular weight excluding hydrogens is 322 g/mol. The Bertz CT molecular complexity index is 379. The maximum absolute atomic E-state index is 8.74. The average Bonchev–Trinajstić information content (AvgIpc) is 2.14. The minimum Gasteiger partial charge on any atom is -0.726 e. The summed E-state index contributed by atoms with van der Waals surface area (Å²) < 4.78 is 65.7. The van der Waals surface area contributed by atoms with Crippen LogP contribution in [0.25, 0.3) is 0 Å². The first kappa shape index (κ1) is 21.4. The quantitative estimate of drug-likeness (QED) is 0.327. The Hall–Kier alpha value is 0.0500. The molecule has 9 nitrogen and oxygen atoms in total. The van der Waals surface area contributed by atoms with Crippen molar-refractivity contribution in [3.8, 4) is 0 Å². The number of rotatable bonds is 1. The Morgan fingerprint density at radius 2 is 1.37 bits per heavy atom. The molecule has 1 aliphatic rings. The molecule has 0 radical (unpaired) electrons. The molecule has 0 saturated carbocycles. The van der Waals surface area contributed by atoms with Crippen LogP contribution in [0.3, 0.4) is 0 Å². The van der Waals surface area contributed by atoms with E-state index in [1.165, 1.54) is 35.6 Å². The molecule has 1 saturated heterocycles. The van der Waals surface area contributed by atoms with E-state index < -0.39 is 20.8 Å². The van der Waals surface area contributed by atoms with Gasteiger partial charge in [-0.3, -0.25) is 13.7 Å². The highest BCUT2D eigenvalue weighted by molar-refractivity contribution is 7.99. The molecule has 0 spiro atoms. The molecule has 1 heterocycles. The molecule has 0 aromatic rings. The molecule has 0 aromatic heterocycles. The molecule has 19 heavy (non-hydrogen) atoms. The van der Waals surface area contributed by atoms with E-state index in [1.54, 1.807) is 0 Å². The zero-order valence-corrected chi connectivity index (χ0v) is 13.0. The Morgan fingerprint density at radius 1 is 1.11 bits per heavy atom. The van der Waals surface area contributed by atoms with E-state index in [-0.39, 0.29) is 0 Å². The average molecular weight is 341 g/mol. The summed E-state index contributed by atoms with van der Waals surface area (Å²) in [5.74, 6) is 2.73. The van der Waals surface area contributed by atoms with Gasteiger partial charge in [-0.15, -0.1) is 0 Å². The lowest BCUT2D eigenvalue weighted by atomic mass is 10.4. The van der Waals surface area contributed by atoms with E-state index in [0.717, 1.165) is 0 Å². The van der Waals surface area contributed by atoms with Gasteiger partial charge in [0, 0.05) is 11.5 Å². The third-order valence-electron chi connectivity index (χ3n) is 2.31. The molecule has 0 unspecified atom stereocenters. The summed E-state index contributed by atoms with van der Waals surface area (Å²) in [4.78, 5) is 0. The minimum absolute atomic E-state index is 1.30. The number of hydrogen-bond donors (Lipinski definition) is 3. The summed E-state index contributed by atoms with van der Waals surface area (Å²) in [6.45, 7) is 6.35. The fraction of sp³-hybridized carbons (Fsp3) is 1.00. The molecule has 3 N–H and O–H groups in total. The van der Waals surface area contributed by atoms with Gasteiger partial charge in [0.2, 0.25) is 10.4 Å². The van der Waals surface area contributed by atoms with Crippen molar-refractivity contribution in [2.75, 3.05) is 38.2 Å². The van der Waals surface area contributed by atoms with E-state index in [9.17, 15) is 0 Å². The summed E-state index contributed by atoms with van der Waals surface area (Å²) in [5.41, 5.74) is 0. The van der Waals surface area contributed by atoms with Crippen LogP contribution in [0, 0.1) is 0 Å². The van der Waals surface area contributed by atoms with Crippen molar-refractivity contribution in [2.24, 2.45) is 0 Å². The Morgan fingerprint density at radius 3 is 1.53 bits per heavy atom. The summed E-state index contributed by atoms with van der Waals surface area (Å²) in [5, 5.41) is 0. The van der Waals surface area contributed by atoms with Gasteiger partial charge >= 0.3 is 10.4 Å². The molecule has 1 rings (SSSR count). The molecule has 1 aliphatic heterocycles. The topological polar surface area (TPSA) is 152 Å². The SMILES string of the molecule is CC[N+]1(C)CCSCC1.O=S(=O)(O)O.O=S(=O)([O-])O. The van der Waals surface area contributed by atoms with Crippen molar-refractivity contribution >= 4 is 32.6 Å². The van der Waals surface area contributed by atoms with Gasteiger partial charge in [-0.05, 0) is 6.92 Å². The van der Waals surface area contributed by atoms with Gasteiger partial charge in [0.15, 0.2) is 0 Å².